The Hall–Kier alpha value is -2.93. The molecule has 1 fully saturated rings. The zero-order chi connectivity index (χ0) is 19.0. The lowest BCUT2D eigenvalue weighted by Crippen LogP contribution is -2.32. The number of halogens is 1. The Kier molecular flexibility index (Phi) is 4.53. The van der Waals surface area contributed by atoms with E-state index in [2.05, 4.69) is 21.5 Å². The van der Waals surface area contributed by atoms with Crippen LogP contribution in [0.3, 0.4) is 0 Å². The lowest BCUT2D eigenvalue weighted by atomic mass is 10.1. The minimum atomic E-state index is -0.281. The van der Waals surface area contributed by atoms with E-state index in [1.54, 1.807) is 35.0 Å². The Morgan fingerprint density at radius 1 is 1.15 bits per heavy atom. The third-order valence-electron chi connectivity index (χ3n) is 5.17. The molecule has 1 aromatic carbocycles. The van der Waals surface area contributed by atoms with Crippen LogP contribution < -0.4 is 11.2 Å². The summed E-state index contributed by atoms with van der Waals surface area (Å²) >= 11 is 0. The number of pyridine rings is 1. The lowest BCUT2D eigenvalue weighted by molar-refractivity contribution is 0.220. The van der Waals surface area contributed by atoms with Gasteiger partial charge in [-0.1, -0.05) is 0 Å². The van der Waals surface area contributed by atoms with Gasteiger partial charge in [-0.2, -0.15) is 0 Å². The maximum atomic E-state index is 13.4. The highest BCUT2D eigenvalue weighted by Gasteiger charge is 2.24. The first kappa shape index (κ1) is 17.5. The molecule has 0 bridgehead atoms. The molecular weight excluding hydrogens is 343 g/mol. The van der Waals surface area contributed by atoms with Crippen molar-refractivity contribution >= 4 is 5.69 Å². The summed E-state index contributed by atoms with van der Waals surface area (Å²) in [6.45, 7) is 2.04. The summed E-state index contributed by atoms with van der Waals surface area (Å²) in [5.74, 6) is 0.539. The fourth-order valence-corrected chi connectivity index (χ4v) is 3.65. The highest BCUT2D eigenvalue weighted by atomic mass is 19.1. The number of anilines is 1. The van der Waals surface area contributed by atoms with Gasteiger partial charge in [0.15, 0.2) is 0 Å². The molecule has 0 spiro atoms. The van der Waals surface area contributed by atoms with Gasteiger partial charge >= 0.3 is 0 Å². The van der Waals surface area contributed by atoms with Crippen LogP contribution >= 0.6 is 0 Å². The summed E-state index contributed by atoms with van der Waals surface area (Å²) in [7, 11) is 2.13. The summed E-state index contributed by atoms with van der Waals surface area (Å²) in [6, 6.07) is 10.0. The highest BCUT2D eigenvalue weighted by molar-refractivity contribution is 5.67. The number of piperidine rings is 1. The Morgan fingerprint density at radius 3 is 2.52 bits per heavy atom. The van der Waals surface area contributed by atoms with E-state index in [4.69, 9.17) is 11.1 Å². The minimum absolute atomic E-state index is 0.281. The number of hydrogen-bond acceptors (Lipinski definition) is 4. The van der Waals surface area contributed by atoms with Crippen LogP contribution in [0.2, 0.25) is 0 Å². The van der Waals surface area contributed by atoms with Crippen molar-refractivity contribution in [3.05, 3.63) is 60.2 Å². The fraction of sp³-hybridized carbons (Fsp3) is 0.300. The van der Waals surface area contributed by atoms with Gasteiger partial charge in [0, 0.05) is 29.6 Å². The van der Waals surface area contributed by atoms with Crippen molar-refractivity contribution in [3.8, 4) is 17.1 Å². The number of nitrogens with one attached hydrogen (secondary N) is 1. The Balaban J connectivity index is 1.87. The van der Waals surface area contributed by atoms with Crippen molar-refractivity contribution in [1.29, 1.82) is 5.41 Å². The van der Waals surface area contributed by atoms with E-state index in [1.165, 1.54) is 12.1 Å². The number of nitrogen functional groups attached to an aromatic ring is 1. The number of nitrogens with zero attached hydrogens (tertiary/aromatic N) is 4. The molecule has 0 aliphatic carbocycles. The first-order valence-corrected chi connectivity index (χ1v) is 9.07. The molecule has 1 aliphatic rings. The van der Waals surface area contributed by atoms with E-state index in [0.717, 1.165) is 43.0 Å². The molecule has 3 aromatic rings. The van der Waals surface area contributed by atoms with Crippen LogP contribution in [-0.4, -0.2) is 39.2 Å². The van der Waals surface area contributed by atoms with E-state index in [9.17, 15) is 4.39 Å². The van der Waals surface area contributed by atoms with Gasteiger partial charge in [0.2, 0.25) is 0 Å². The largest absolute Gasteiger partial charge is 0.399 e. The zero-order valence-corrected chi connectivity index (χ0v) is 15.3. The number of benzene rings is 1. The second-order valence-electron chi connectivity index (χ2n) is 7.08. The average Bonchev–Trinajstić information content (AvgIpc) is 3.08. The maximum Gasteiger partial charge on any atom is 0.146 e. The van der Waals surface area contributed by atoms with Crippen LogP contribution in [0.1, 0.15) is 18.9 Å². The van der Waals surface area contributed by atoms with Gasteiger partial charge in [0.1, 0.15) is 22.8 Å². The van der Waals surface area contributed by atoms with E-state index in [-0.39, 0.29) is 11.3 Å². The molecule has 0 amide bonds. The Bertz CT molecular complexity index is 996. The maximum absolute atomic E-state index is 13.4. The number of likely N-dealkylation sites (tertiary alicyclic amines) is 1. The van der Waals surface area contributed by atoms with Crippen molar-refractivity contribution in [2.75, 3.05) is 25.9 Å². The van der Waals surface area contributed by atoms with Crippen molar-refractivity contribution < 1.29 is 4.39 Å². The van der Waals surface area contributed by atoms with Gasteiger partial charge in [-0.15, -0.1) is 0 Å². The van der Waals surface area contributed by atoms with Crippen molar-refractivity contribution in [1.82, 2.24) is 19.0 Å². The number of aromatic nitrogens is 3. The number of nitrogens with two attached hydrogens (primary N) is 1. The minimum Gasteiger partial charge on any atom is -0.399 e. The van der Waals surface area contributed by atoms with Gasteiger partial charge in [-0.05, 0) is 63.3 Å². The molecule has 0 radical (unpaired) electrons. The fourth-order valence-electron chi connectivity index (χ4n) is 3.65. The van der Waals surface area contributed by atoms with Crippen molar-refractivity contribution in [2.45, 2.75) is 18.9 Å². The summed E-state index contributed by atoms with van der Waals surface area (Å²) < 4.78 is 17.3. The van der Waals surface area contributed by atoms with Gasteiger partial charge in [0.25, 0.3) is 0 Å². The molecule has 2 aromatic heterocycles. The predicted octanol–water partition coefficient (Wildman–Crippen LogP) is 2.81. The molecule has 27 heavy (non-hydrogen) atoms. The van der Waals surface area contributed by atoms with Gasteiger partial charge in [-0.25, -0.2) is 9.37 Å². The van der Waals surface area contributed by atoms with Crippen LogP contribution in [0.4, 0.5) is 10.1 Å². The number of imidazole rings is 1. The van der Waals surface area contributed by atoms with Gasteiger partial charge in [-0.3, -0.25) is 9.98 Å². The van der Waals surface area contributed by atoms with E-state index in [1.807, 2.05) is 6.33 Å². The number of hydrogen-bond donors (Lipinski definition) is 2. The zero-order valence-electron chi connectivity index (χ0n) is 15.3. The van der Waals surface area contributed by atoms with Crippen LogP contribution in [0.25, 0.3) is 17.1 Å². The molecule has 6 nitrogen and oxygen atoms in total. The molecule has 1 aliphatic heterocycles. The topological polar surface area (TPSA) is 75.9 Å². The van der Waals surface area contributed by atoms with Crippen molar-refractivity contribution in [2.24, 2.45) is 0 Å². The molecular formula is C20H23FN6. The summed E-state index contributed by atoms with van der Waals surface area (Å²) in [4.78, 5) is 6.96. The van der Waals surface area contributed by atoms with Crippen molar-refractivity contribution in [3.63, 3.8) is 0 Å². The number of rotatable bonds is 3. The van der Waals surface area contributed by atoms with Gasteiger partial charge in [0.05, 0.1) is 6.33 Å². The average molecular weight is 366 g/mol. The van der Waals surface area contributed by atoms with Crippen LogP contribution in [0.5, 0.6) is 0 Å². The second kappa shape index (κ2) is 7.00. The quantitative estimate of drug-likeness (QED) is 0.748. The normalized spacial score (nSPS) is 15.9. The highest BCUT2D eigenvalue weighted by Crippen LogP contribution is 2.31. The smallest absolute Gasteiger partial charge is 0.146 e. The first-order valence-electron chi connectivity index (χ1n) is 9.07. The molecule has 7 heteroatoms. The van der Waals surface area contributed by atoms with E-state index < -0.39 is 0 Å². The Labute approximate surface area is 157 Å². The molecule has 0 unspecified atom stereocenters. The molecule has 0 atom stereocenters. The van der Waals surface area contributed by atoms with Gasteiger partial charge < -0.3 is 15.2 Å². The molecule has 140 valence electrons. The van der Waals surface area contributed by atoms with Crippen LogP contribution in [-0.2, 0) is 0 Å². The summed E-state index contributed by atoms with van der Waals surface area (Å²) in [6.07, 6.45) is 5.68. The predicted molar refractivity (Wildman–Crippen MR) is 103 cm³/mol. The monoisotopic (exact) mass is 366 g/mol. The molecule has 1 saturated heterocycles. The Morgan fingerprint density at radius 2 is 1.85 bits per heavy atom. The standard InChI is InChI=1S/C20H23FN6/c1-25-9-7-17(8-10-25)27-13-24-19(14-2-4-15(21)5-3-14)20(27)26-11-6-16(22)12-18(26)23/h2-6,11-13,17,23H,7-10,22H2,1H3. The second-order valence-corrected chi connectivity index (χ2v) is 7.08. The van der Waals surface area contributed by atoms with Crippen LogP contribution in [0, 0.1) is 11.2 Å². The summed E-state index contributed by atoms with van der Waals surface area (Å²) in [5.41, 5.74) is 8.23. The van der Waals surface area contributed by atoms with E-state index in [0.29, 0.717) is 11.7 Å². The van der Waals surface area contributed by atoms with Crippen LogP contribution in [0.15, 0.2) is 48.9 Å². The van der Waals surface area contributed by atoms with E-state index >= 15 is 0 Å². The lowest BCUT2D eigenvalue weighted by Gasteiger charge is -2.31. The molecule has 3 N–H and O–H groups in total. The third kappa shape index (κ3) is 3.38. The third-order valence-corrected chi connectivity index (χ3v) is 5.17. The first-order chi connectivity index (χ1) is 13.0. The molecule has 4 rings (SSSR count). The summed E-state index contributed by atoms with van der Waals surface area (Å²) in [5, 5.41) is 8.40. The molecule has 0 saturated carbocycles. The SMILES string of the molecule is CN1CCC(n2cnc(-c3ccc(F)cc3)c2-n2ccc(N)cc2=N)CC1. The molecule has 3 heterocycles.